The molecule has 2 nitrogen and oxygen atoms in total. The van der Waals surface area contributed by atoms with Gasteiger partial charge < -0.3 is 0 Å². The predicted molar refractivity (Wildman–Crippen MR) is 66.6 cm³/mol. The SMILES string of the molecule is O=C(Cc1cncs1)c1c(Cl)cccc1Cl. The molecule has 0 saturated carbocycles. The van der Waals surface area contributed by atoms with Gasteiger partial charge in [0.25, 0.3) is 0 Å². The topological polar surface area (TPSA) is 30.0 Å². The van der Waals surface area contributed by atoms with Crippen molar-refractivity contribution in [1.29, 1.82) is 0 Å². The van der Waals surface area contributed by atoms with E-state index >= 15 is 0 Å². The third-order valence-electron chi connectivity index (χ3n) is 2.06. The number of rotatable bonds is 3. The van der Waals surface area contributed by atoms with Crippen LogP contribution in [-0.2, 0) is 6.42 Å². The summed E-state index contributed by atoms with van der Waals surface area (Å²) < 4.78 is 0. The van der Waals surface area contributed by atoms with Gasteiger partial charge in [-0.25, -0.2) is 0 Å². The zero-order valence-corrected chi connectivity index (χ0v) is 10.4. The van der Waals surface area contributed by atoms with Gasteiger partial charge in [-0.2, -0.15) is 0 Å². The van der Waals surface area contributed by atoms with Crippen LogP contribution in [0.4, 0.5) is 0 Å². The van der Waals surface area contributed by atoms with Gasteiger partial charge >= 0.3 is 0 Å². The van der Waals surface area contributed by atoms with Crippen LogP contribution in [0.3, 0.4) is 0 Å². The van der Waals surface area contributed by atoms with Crippen LogP contribution < -0.4 is 0 Å². The third-order valence-corrected chi connectivity index (χ3v) is 3.47. The summed E-state index contributed by atoms with van der Waals surface area (Å²) in [6.07, 6.45) is 1.96. The van der Waals surface area contributed by atoms with Gasteiger partial charge in [-0.1, -0.05) is 29.3 Å². The van der Waals surface area contributed by atoms with E-state index in [1.165, 1.54) is 11.3 Å². The van der Waals surface area contributed by atoms with E-state index in [-0.39, 0.29) is 12.2 Å². The predicted octanol–water partition coefficient (Wildman–Crippen LogP) is 3.88. The lowest BCUT2D eigenvalue weighted by Crippen LogP contribution is -2.04. The summed E-state index contributed by atoms with van der Waals surface area (Å²) >= 11 is 13.3. The van der Waals surface area contributed by atoms with Crippen molar-refractivity contribution < 1.29 is 4.79 Å². The highest BCUT2D eigenvalue weighted by molar-refractivity contribution is 7.09. The molecule has 0 aliphatic carbocycles. The van der Waals surface area contributed by atoms with Crippen molar-refractivity contribution >= 4 is 40.3 Å². The van der Waals surface area contributed by atoms with Gasteiger partial charge in [0.15, 0.2) is 5.78 Å². The monoisotopic (exact) mass is 271 g/mol. The highest BCUT2D eigenvalue weighted by Gasteiger charge is 2.15. The fourth-order valence-electron chi connectivity index (χ4n) is 1.34. The second kappa shape index (κ2) is 4.95. The van der Waals surface area contributed by atoms with Gasteiger partial charge in [0, 0.05) is 17.5 Å². The number of ketones is 1. The molecule has 82 valence electrons. The summed E-state index contributed by atoms with van der Waals surface area (Å²) in [4.78, 5) is 16.8. The second-order valence-electron chi connectivity index (χ2n) is 3.16. The Hall–Kier alpha value is -0.900. The molecular formula is C11H7Cl2NOS. The van der Waals surface area contributed by atoms with Gasteiger partial charge in [0.1, 0.15) is 0 Å². The molecule has 0 unspecified atom stereocenters. The van der Waals surface area contributed by atoms with Crippen molar-refractivity contribution in [2.45, 2.75) is 6.42 Å². The first-order valence-corrected chi connectivity index (χ1v) is 6.16. The summed E-state index contributed by atoms with van der Waals surface area (Å²) in [5.74, 6) is -0.0835. The number of hydrogen-bond donors (Lipinski definition) is 0. The van der Waals surface area contributed by atoms with Crippen LogP contribution in [0.15, 0.2) is 29.9 Å². The number of benzene rings is 1. The Morgan fingerprint density at radius 3 is 2.56 bits per heavy atom. The van der Waals surface area contributed by atoms with Crippen LogP contribution in [0.1, 0.15) is 15.2 Å². The standard InChI is InChI=1S/C11H7Cl2NOS/c12-8-2-1-3-9(13)11(8)10(15)4-7-5-14-6-16-7/h1-3,5-6H,4H2. The first-order chi connectivity index (χ1) is 7.68. The van der Waals surface area contributed by atoms with Crippen molar-refractivity contribution in [2.75, 3.05) is 0 Å². The number of hydrogen-bond acceptors (Lipinski definition) is 3. The molecule has 16 heavy (non-hydrogen) atoms. The maximum absolute atomic E-state index is 12.0. The van der Waals surface area contributed by atoms with E-state index < -0.39 is 0 Å². The Bertz CT molecular complexity index is 490. The molecule has 0 fully saturated rings. The second-order valence-corrected chi connectivity index (χ2v) is 4.95. The molecule has 0 saturated heterocycles. The Morgan fingerprint density at radius 2 is 2.00 bits per heavy atom. The quantitative estimate of drug-likeness (QED) is 0.794. The molecule has 0 aliphatic heterocycles. The third kappa shape index (κ3) is 2.43. The van der Waals surface area contributed by atoms with Crippen LogP contribution in [0.5, 0.6) is 0 Å². The van der Waals surface area contributed by atoms with Crippen molar-refractivity contribution in [1.82, 2.24) is 4.98 Å². The number of aromatic nitrogens is 1. The normalized spacial score (nSPS) is 10.4. The van der Waals surface area contributed by atoms with E-state index in [1.54, 1.807) is 29.9 Å². The molecule has 0 spiro atoms. The van der Waals surface area contributed by atoms with Crippen LogP contribution in [-0.4, -0.2) is 10.8 Å². The number of carbonyl (C=O) groups is 1. The number of halogens is 2. The largest absolute Gasteiger partial charge is 0.294 e. The zero-order valence-electron chi connectivity index (χ0n) is 8.11. The average molecular weight is 272 g/mol. The molecule has 0 aliphatic rings. The highest BCUT2D eigenvalue weighted by atomic mass is 35.5. The van der Waals surface area contributed by atoms with Crippen molar-refractivity contribution in [3.05, 3.63) is 50.4 Å². The molecule has 2 rings (SSSR count). The van der Waals surface area contributed by atoms with Gasteiger partial charge in [-0.05, 0) is 12.1 Å². The molecule has 5 heteroatoms. The number of carbonyl (C=O) groups excluding carboxylic acids is 1. The molecule has 2 aromatic rings. The van der Waals surface area contributed by atoms with Crippen LogP contribution >= 0.6 is 34.5 Å². The fraction of sp³-hybridized carbons (Fsp3) is 0.0909. The van der Waals surface area contributed by atoms with Gasteiger partial charge in [0.2, 0.25) is 0 Å². The summed E-state index contributed by atoms with van der Waals surface area (Å²) in [7, 11) is 0. The fourth-order valence-corrected chi connectivity index (χ4v) is 2.54. The number of nitrogens with zero attached hydrogens (tertiary/aromatic N) is 1. The van der Waals surface area contributed by atoms with E-state index in [0.29, 0.717) is 15.6 Å². The minimum Gasteiger partial charge on any atom is -0.294 e. The van der Waals surface area contributed by atoms with E-state index in [1.807, 2.05) is 0 Å². The van der Waals surface area contributed by atoms with E-state index in [0.717, 1.165) is 4.88 Å². The van der Waals surface area contributed by atoms with Crippen molar-refractivity contribution in [3.8, 4) is 0 Å². The van der Waals surface area contributed by atoms with Crippen LogP contribution in [0.25, 0.3) is 0 Å². The molecular weight excluding hydrogens is 265 g/mol. The van der Waals surface area contributed by atoms with E-state index in [9.17, 15) is 4.79 Å². The van der Waals surface area contributed by atoms with Crippen LogP contribution in [0, 0.1) is 0 Å². The van der Waals surface area contributed by atoms with E-state index in [4.69, 9.17) is 23.2 Å². The maximum Gasteiger partial charge on any atom is 0.171 e. The zero-order chi connectivity index (χ0) is 11.5. The lowest BCUT2D eigenvalue weighted by Gasteiger charge is -2.04. The molecule has 0 radical (unpaired) electrons. The summed E-state index contributed by atoms with van der Waals surface area (Å²) in [5.41, 5.74) is 2.08. The van der Waals surface area contributed by atoms with Crippen molar-refractivity contribution in [2.24, 2.45) is 0 Å². The molecule has 0 atom stereocenters. The maximum atomic E-state index is 12.0. The lowest BCUT2D eigenvalue weighted by molar-refractivity contribution is 0.0994. The highest BCUT2D eigenvalue weighted by Crippen LogP contribution is 2.26. The molecule has 1 heterocycles. The Kier molecular flexibility index (Phi) is 3.59. The first kappa shape index (κ1) is 11.6. The Balaban J connectivity index is 2.28. The summed E-state index contributed by atoms with van der Waals surface area (Å²) in [5, 5.41) is 0.782. The van der Waals surface area contributed by atoms with Crippen molar-refractivity contribution in [3.63, 3.8) is 0 Å². The van der Waals surface area contributed by atoms with Gasteiger partial charge in [-0.3, -0.25) is 9.78 Å². The molecule has 0 amide bonds. The van der Waals surface area contributed by atoms with Gasteiger partial charge in [-0.15, -0.1) is 11.3 Å². The molecule has 1 aromatic carbocycles. The average Bonchev–Trinajstić information content (AvgIpc) is 2.70. The number of thiazole rings is 1. The summed E-state index contributed by atoms with van der Waals surface area (Å²) in [6.45, 7) is 0. The van der Waals surface area contributed by atoms with Crippen LogP contribution in [0.2, 0.25) is 10.0 Å². The number of Topliss-reactive ketones (excluding diaryl/α,β-unsaturated/α-hetero) is 1. The molecule has 1 aromatic heterocycles. The minimum absolute atomic E-state index is 0.0835. The smallest absolute Gasteiger partial charge is 0.171 e. The molecule has 0 bridgehead atoms. The first-order valence-electron chi connectivity index (χ1n) is 4.53. The molecule has 0 N–H and O–H groups in total. The Labute approximate surface area is 107 Å². The van der Waals surface area contributed by atoms with E-state index in [2.05, 4.69) is 4.98 Å². The summed E-state index contributed by atoms with van der Waals surface area (Å²) in [6, 6.07) is 5.04. The lowest BCUT2D eigenvalue weighted by atomic mass is 10.1. The minimum atomic E-state index is -0.0835. The Morgan fingerprint density at radius 1 is 1.31 bits per heavy atom. The van der Waals surface area contributed by atoms with Gasteiger partial charge in [0.05, 0.1) is 21.1 Å².